The monoisotopic (exact) mass is 162 g/mol. The quantitative estimate of drug-likeness (QED) is 0.422. The standard InChI is InChI=1S/C7H14O4/c1-3-5(8)7(10)6(9)4(2)11-3/h3-10H,1-2H3/t3-,4?,5?,6+,7+/m0/s1. The van der Waals surface area contributed by atoms with Crippen molar-refractivity contribution in [3.63, 3.8) is 0 Å². The molecule has 0 amide bonds. The van der Waals surface area contributed by atoms with Gasteiger partial charge in [0.15, 0.2) is 0 Å². The Balaban J connectivity index is 2.63. The minimum atomic E-state index is -1.09. The highest BCUT2D eigenvalue weighted by molar-refractivity contribution is 4.88. The van der Waals surface area contributed by atoms with Crippen LogP contribution in [0.15, 0.2) is 0 Å². The molecule has 0 radical (unpaired) electrons. The molecule has 66 valence electrons. The fraction of sp³-hybridized carbons (Fsp3) is 1.00. The van der Waals surface area contributed by atoms with Gasteiger partial charge < -0.3 is 20.1 Å². The van der Waals surface area contributed by atoms with Crippen molar-refractivity contribution >= 4 is 0 Å². The smallest absolute Gasteiger partial charge is 0.111 e. The molecule has 3 N–H and O–H groups in total. The Labute approximate surface area is 65.4 Å². The van der Waals surface area contributed by atoms with E-state index in [4.69, 9.17) is 4.74 Å². The molecule has 1 aliphatic heterocycles. The van der Waals surface area contributed by atoms with E-state index in [0.29, 0.717) is 0 Å². The normalized spacial score (nSPS) is 52.6. The lowest BCUT2D eigenvalue weighted by molar-refractivity contribution is -0.211. The molecular formula is C7H14O4. The van der Waals surface area contributed by atoms with Crippen molar-refractivity contribution in [3.8, 4) is 0 Å². The van der Waals surface area contributed by atoms with Crippen molar-refractivity contribution in [3.05, 3.63) is 0 Å². The second-order valence-electron chi connectivity index (χ2n) is 3.02. The molecule has 1 rings (SSSR count). The van der Waals surface area contributed by atoms with Crippen molar-refractivity contribution in [1.82, 2.24) is 0 Å². The molecular weight excluding hydrogens is 148 g/mol. The fourth-order valence-electron chi connectivity index (χ4n) is 1.26. The van der Waals surface area contributed by atoms with Gasteiger partial charge in [0, 0.05) is 0 Å². The lowest BCUT2D eigenvalue weighted by Gasteiger charge is -2.37. The number of aliphatic hydroxyl groups is 3. The lowest BCUT2D eigenvalue weighted by atomic mass is 9.97. The van der Waals surface area contributed by atoms with E-state index in [-0.39, 0.29) is 0 Å². The van der Waals surface area contributed by atoms with Crippen LogP contribution in [0.2, 0.25) is 0 Å². The van der Waals surface area contributed by atoms with Crippen LogP contribution in [0.1, 0.15) is 13.8 Å². The average molecular weight is 162 g/mol. The number of hydrogen-bond acceptors (Lipinski definition) is 4. The molecule has 1 aliphatic rings. The summed E-state index contributed by atoms with van der Waals surface area (Å²) in [5.41, 5.74) is 0. The van der Waals surface area contributed by atoms with Gasteiger partial charge in [-0.2, -0.15) is 0 Å². The van der Waals surface area contributed by atoms with Gasteiger partial charge in [0.05, 0.1) is 12.2 Å². The highest BCUT2D eigenvalue weighted by Crippen LogP contribution is 2.19. The third-order valence-electron chi connectivity index (χ3n) is 2.09. The second kappa shape index (κ2) is 3.06. The van der Waals surface area contributed by atoms with Crippen molar-refractivity contribution in [2.75, 3.05) is 0 Å². The molecule has 1 fully saturated rings. The molecule has 0 spiro atoms. The number of ether oxygens (including phenoxy) is 1. The summed E-state index contributed by atoms with van der Waals surface area (Å²) in [6.07, 6.45) is -3.89. The maximum absolute atomic E-state index is 9.21. The van der Waals surface area contributed by atoms with E-state index in [2.05, 4.69) is 0 Å². The van der Waals surface area contributed by atoms with Gasteiger partial charge in [-0.05, 0) is 13.8 Å². The molecule has 0 saturated carbocycles. The maximum Gasteiger partial charge on any atom is 0.111 e. The van der Waals surface area contributed by atoms with Gasteiger partial charge in [0.1, 0.15) is 18.3 Å². The van der Waals surface area contributed by atoms with Gasteiger partial charge in [0.2, 0.25) is 0 Å². The van der Waals surface area contributed by atoms with E-state index < -0.39 is 30.5 Å². The zero-order chi connectivity index (χ0) is 8.59. The molecule has 0 aromatic carbocycles. The van der Waals surface area contributed by atoms with Crippen LogP contribution in [-0.4, -0.2) is 45.8 Å². The summed E-state index contributed by atoms with van der Waals surface area (Å²) in [7, 11) is 0. The Hall–Kier alpha value is -0.160. The van der Waals surface area contributed by atoms with Gasteiger partial charge >= 0.3 is 0 Å². The summed E-state index contributed by atoms with van der Waals surface area (Å²) in [6.45, 7) is 3.33. The zero-order valence-corrected chi connectivity index (χ0v) is 6.64. The molecule has 2 unspecified atom stereocenters. The molecule has 1 saturated heterocycles. The van der Waals surface area contributed by atoms with Crippen LogP contribution in [0.25, 0.3) is 0 Å². The first-order valence-electron chi connectivity index (χ1n) is 3.73. The molecule has 0 bridgehead atoms. The number of aliphatic hydroxyl groups excluding tert-OH is 3. The SMILES string of the molecule is CC1O[C@@H](C)C(O)[C@@H](O)[C@@H]1O. The minimum absolute atomic E-state index is 0.414. The van der Waals surface area contributed by atoms with Crippen molar-refractivity contribution in [1.29, 1.82) is 0 Å². The van der Waals surface area contributed by atoms with Gasteiger partial charge in [-0.15, -0.1) is 0 Å². The van der Waals surface area contributed by atoms with Crippen LogP contribution in [0, 0.1) is 0 Å². The predicted molar refractivity (Wildman–Crippen MR) is 38.0 cm³/mol. The van der Waals surface area contributed by atoms with Gasteiger partial charge in [0.25, 0.3) is 0 Å². The number of rotatable bonds is 0. The molecule has 0 aliphatic carbocycles. The first kappa shape index (κ1) is 8.93. The molecule has 4 nitrogen and oxygen atoms in total. The third-order valence-corrected chi connectivity index (χ3v) is 2.09. The summed E-state index contributed by atoms with van der Waals surface area (Å²) in [5, 5.41) is 27.6. The van der Waals surface area contributed by atoms with Crippen LogP contribution < -0.4 is 0 Å². The topological polar surface area (TPSA) is 69.9 Å². The summed E-state index contributed by atoms with van der Waals surface area (Å²) in [5.74, 6) is 0. The van der Waals surface area contributed by atoms with Gasteiger partial charge in [-0.1, -0.05) is 0 Å². The van der Waals surface area contributed by atoms with E-state index >= 15 is 0 Å². The Kier molecular flexibility index (Phi) is 2.49. The highest BCUT2D eigenvalue weighted by Gasteiger charge is 2.39. The number of hydrogen-bond donors (Lipinski definition) is 3. The zero-order valence-electron chi connectivity index (χ0n) is 6.64. The van der Waals surface area contributed by atoms with Crippen LogP contribution in [0.5, 0.6) is 0 Å². The summed E-state index contributed by atoms with van der Waals surface area (Å²) in [6, 6.07) is 0. The van der Waals surface area contributed by atoms with E-state index in [1.165, 1.54) is 0 Å². The van der Waals surface area contributed by atoms with Crippen molar-refractivity contribution in [2.45, 2.75) is 44.4 Å². The summed E-state index contributed by atoms with van der Waals surface area (Å²) >= 11 is 0. The highest BCUT2D eigenvalue weighted by atomic mass is 16.5. The van der Waals surface area contributed by atoms with Crippen LogP contribution in [-0.2, 0) is 4.74 Å². The second-order valence-corrected chi connectivity index (χ2v) is 3.02. The fourth-order valence-corrected chi connectivity index (χ4v) is 1.26. The summed E-state index contributed by atoms with van der Waals surface area (Å²) < 4.78 is 5.12. The molecule has 1 heterocycles. The minimum Gasteiger partial charge on any atom is -0.388 e. The molecule has 4 heteroatoms. The van der Waals surface area contributed by atoms with Gasteiger partial charge in [-0.3, -0.25) is 0 Å². The van der Waals surface area contributed by atoms with E-state index in [0.717, 1.165) is 0 Å². The average Bonchev–Trinajstić information content (AvgIpc) is 1.97. The van der Waals surface area contributed by atoms with E-state index in [9.17, 15) is 15.3 Å². The first-order chi connectivity index (χ1) is 5.04. The molecule has 11 heavy (non-hydrogen) atoms. The first-order valence-corrected chi connectivity index (χ1v) is 3.73. The lowest BCUT2D eigenvalue weighted by Crippen LogP contribution is -2.55. The van der Waals surface area contributed by atoms with E-state index in [1.54, 1.807) is 13.8 Å². The van der Waals surface area contributed by atoms with Crippen LogP contribution in [0.4, 0.5) is 0 Å². The molecule has 0 aromatic heterocycles. The van der Waals surface area contributed by atoms with Gasteiger partial charge in [-0.25, -0.2) is 0 Å². The molecule has 5 atom stereocenters. The maximum atomic E-state index is 9.21. The Morgan fingerprint density at radius 3 is 1.55 bits per heavy atom. The summed E-state index contributed by atoms with van der Waals surface area (Å²) in [4.78, 5) is 0. The van der Waals surface area contributed by atoms with E-state index in [1.807, 2.05) is 0 Å². The predicted octanol–water partition coefficient (Wildman–Crippen LogP) is -1.12. The Morgan fingerprint density at radius 2 is 1.18 bits per heavy atom. The third kappa shape index (κ3) is 1.54. The van der Waals surface area contributed by atoms with Crippen LogP contribution >= 0.6 is 0 Å². The Morgan fingerprint density at radius 1 is 0.818 bits per heavy atom. The van der Waals surface area contributed by atoms with Crippen LogP contribution in [0.3, 0.4) is 0 Å². The largest absolute Gasteiger partial charge is 0.388 e. The molecule has 0 aromatic rings. The Bertz CT molecular complexity index is 124. The van der Waals surface area contributed by atoms with Crippen molar-refractivity contribution < 1.29 is 20.1 Å². The van der Waals surface area contributed by atoms with Crippen molar-refractivity contribution in [2.24, 2.45) is 0 Å².